The second kappa shape index (κ2) is 13.8. The van der Waals surface area contributed by atoms with Gasteiger partial charge in [0.1, 0.15) is 22.8 Å². The molecule has 0 aromatic heterocycles. The number of benzene rings is 4. The molecule has 5 nitrogen and oxygen atoms in total. The summed E-state index contributed by atoms with van der Waals surface area (Å²) in [4.78, 5) is 16.2. The Morgan fingerprint density at radius 3 is 1.59 bits per heavy atom. The number of phenols is 1. The van der Waals surface area contributed by atoms with Crippen molar-refractivity contribution in [3.63, 3.8) is 0 Å². The first-order valence-electron chi connectivity index (χ1n) is 13.4. The molecule has 0 atom stereocenters. The van der Waals surface area contributed by atoms with E-state index in [0.29, 0.717) is 13.2 Å². The molecule has 0 bridgehead atoms. The molecule has 204 valence electrons. The fourth-order valence-electron chi connectivity index (χ4n) is 4.09. The summed E-state index contributed by atoms with van der Waals surface area (Å²) in [6, 6.07) is 31.8. The van der Waals surface area contributed by atoms with E-state index in [0.717, 1.165) is 51.9 Å². The summed E-state index contributed by atoms with van der Waals surface area (Å²) in [6.45, 7) is 5.55. The molecule has 0 radical (unpaired) electrons. The lowest BCUT2D eigenvalue weighted by Gasteiger charge is -2.40. The number of ether oxygens (including phenoxy) is 2. The molecule has 0 aliphatic rings. The number of para-hydroxylation sites is 1. The van der Waals surface area contributed by atoms with Crippen LogP contribution in [0, 0.1) is 0 Å². The molecule has 0 saturated carbocycles. The predicted molar refractivity (Wildman–Crippen MR) is 156 cm³/mol. The van der Waals surface area contributed by atoms with E-state index in [-0.39, 0.29) is 11.3 Å². The second-order valence-corrected chi connectivity index (χ2v) is 11.8. The Morgan fingerprint density at radius 1 is 0.641 bits per heavy atom. The normalized spacial score (nSPS) is 11.5. The van der Waals surface area contributed by atoms with Crippen LogP contribution in [-0.2, 0) is 4.18 Å². The van der Waals surface area contributed by atoms with Crippen LogP contribution in [0.15, 0.2) is 118 Å². The molecule has 0 saturated heterocycles. The van der Waals surface area contributed by atoms with Crippen molar-refractivity contribution in [2.24, 2.45) is 0 Å². The molecule has 0 aliphatic heterocycles. The lowest BCUT2D eigenvalue weighted by molar-refractivity contribution is 0.0754. The van der Waals surface area contributed by atoms with Gasteiger partial charge in [-0.05, 0) is 95.9 Å². The molecular weight excluding hydrogens is 508 g/mol. The molecule has 0 aliphatic carbocycles. The van der Waals surface area contributed by atoms with Crippen molar-refractivity contribution in [2.45, 2.75) is 54.2 Å². The molecule has 4 aromatic carbocycles. The Bertz CT molecular complexity index is 1270. The van der Waals surface area contributed by atoms with Crippen LogP contribution in [-0.4, -0.2) is 24.3 Å². The molecule has 4 rings (SSSR count). The largest absolute Gasteiger partial charge is 0.507 e. The van der Waals surface area contributed by atoms with E-state index in [2.05, 4.69) is 13.8 Å². The van der Waals surface area contributed by atoms with E-state index in [1.807, 2.05) is 78.9 Å². The van der Waals surface area contributed by atoms with Crippen LogP contribution < -0.4 is 9.47 Å². The van der Waals surface area contributed by atoms with Gasteiger partial charge in [-0.2, -0.15) is 0 Å². The maximum atomic E-state index is 13.7. The molecule has 0 amide bonds. The Labute approximate surface area is 232 Å². The van der Waals surface area contributed by atoms with Crippen molar-refractivity contribution in [1.29, 1.82) is 0 Å². The minimum Gasteiger partial charge on any atom is -0.507 e. The zero-order valence-electron chi connectivity index (χ0n) is 22.5. The van der Waals surface area contributed by atoms with Crippen molar-refractivity contribution in [3.8, 4) is 17.2 Å². The van der Waals surface area contributed by atoms with E-state index in [9.17, 15) is 9.90 Å². The van der Waals surface area contributed by atoms with Gasteiger partial charge in [-0.25, -0.2) is 4.79 Å². The van der Waals surface area contributed by atoms with E-state index < -0.39 is 16.3 Å². The van der Waals surface area contributed by atoms with Gasteiger partial charge in [0.15, 0.2) is 0 Å². The van der Waals surface area contributed by atoms with Gasteiger partial charge in [0.2, 0.25) is 0 Å². The van der Waals surface area contributed by atoms with Crippen molar-refractivity contribution in [3.05, 3.63) is 109 Å². The monoisotopic (exact) mass is 544 g/mol. The van der Waals surface area contributed by atoms with Gasteiger partial charge in [-0.1, -0.05) is 57.0 Å². The molecule has 6 heteroatoms. The molecule has 4 aromatic rings. The zero-order valence-corrected chi connectivity index (χ0v) is 23.4. The summed E-state index contributed by atoms with van der Waals surface area (Å²) in [5.41, 5.74) is 0.115. The quantitative estimate of drug-likeness (QED) is 0.170. The van der Waals surface area contributed by atoms with Gasteiger partial charge in [-0.15, -0.1) is 0 Å². The molecule has 1 N–H and O–H groups in total. The smallest absolute Gasteiger partial charge is 0.353 e. The predicted octanol–water partition coefficient (Wildman–Crippen LogP) is 8.80. The molecule has 39 heavy (non-hydrogen) atoms. The first-order valence-corrected chi connectivity index (χ1v) is 15.0. The van der Waals surface area contributed by atoms with Crippen LogP contribution in [0.2, 0.25) is 0 Å². The van der Waals surface area contributed by atoms with Crippen LogP contribution in [0.4, 0.5) is 0 Å². The minimum atomic E-state index is -2.55. The summed E-state index contributed by atoms with van der Waals surface area (Å²) >= 11 is 0. The lowest BCUT2D eigenvalue weighted by atomic mass is 10.2. The number of rotatable bonds is 13. The SMILES string of the molecule is CCCCOc1ccc(S(OC(=O)c2ccccc2O)(c2ccccc2)c2ccc(OCCCC)cc2)cc1. The van der Waals surface area contributed by atoms with Gasteiger partial charge in [-0.3, -0.25) is 0 Å². The third-order valence-electron chi connectivity index (χ3n) is 6.24. The molecule has 0 heterocycles. The molecule has 0 spiro atoms. The van der Waals surface area contributed by atoms with Crippen molar-refractivity contribution in [1.82, 2.24) is 0 Å². The highest BCUT2D eigenvalue weighted by molar-refractivity contribution is 8.30. The van der Waals surface area contributed by atoms with Gasteiger partial charge in [0, 0.05) is 14.7 Å². The van der Waals surface area contributed by atoms with Crippen LogP contribution >= 0.6 is 10.3 Å². The summed E-state index contributed by atoms with van der Waals surface area (Å²) in [5.74, 6) is 0.808. The van der Waals surface area contributed by atoms with Gasteiger partial charge >= 0.3 is 5.97 Å². The second-order valence-electron chi connectivity index (χ2n) is 9.10. The molecule has 0 fully saturated rings. The first kappa shape index (κ1) is 28.1. The van der Waals surface area contributed by atoms with E-state index in [1.54, 1.807) is 18.2 Å². The van der Waals surface area contributed by atoms with E-state index >= 15 is 0 Å². The molecular formula is C33H36O5S. The van der Waals surface area contributed by atoms with E-state index in [1.165, 1.54) is 6.07 Å². The average molecular weight is 545 g/mol. The Balaban J connectivity index is 1.83. The molecule has 0 unspecified atom stereocenters. The first-order chi connectivity index (χ1) is 19.1. The van der Waals surface area contributed by atoms with Crippen LogP contribution in [0.3, 0.4) is 0 Å². The summed E-state index contributed by atoms with van der Waals surface area (Å²) < 4.78 is 18.4. The Kier molecular flexibility index (Phi) is 9.92. The summed E-state index contributed by atoms with van der Waals surface area (Å²) in [6.07, 6.45) is 4.07. The average Bonchev–Trinajstić information content (AvgIpc) is 2.98. The number of unbranched alkanes of at least 4 members (excludes halogenated alkanes) is 2. The van der Waals surface area contributed by atoms with Crippen molar-refractivity contribution in [2.75, 3.05) is 13.2 Å². The fraction of sp³-hybridized carbons (Fsp3) is 0.242. The number of phenolic OH excluding ortho intramolecular Hbond substituents is 1. The van der Waals surface area contributed by atoms with Gasteiger partial charge < -0.3 is 18.8 Å². The fourth-order valence-corrected chi connectivity index (χ4v) is 7.09. The van der Waals surface area contributed by atoms with Crippen LogP contribution in [0.5, 0.6) is 17.2 Å². The van der Waals surface area contributed by atoms with Crippen molar-refractivity contribution < 1.29 is 23.6 Å². The minimum absolute atomic E-state index is 0.115. The Hall–Kier alpha value is -3.90. The van der Waals surface area contributed by atoms with Crippen LogP contribution in [0.25, 0.3) is 0 Å². The highest BCUT2D eigenvalue weighted by Crippen LogP contribution is 2.69. The highest BCUT2D eigenvalue weighted by Gasteiger charge is 2.36. The number of hydrogen-bond donors (Lipinski definition) is 1. The van der Waals surface area contributed by atoms with Gasteiger partial charge in [0.25, 0.3) is 0 Å². The standard InChI is InChI=1S/C33H36O5S/c1-3-5-24-36-26-16-20-29(21-17-26)39(28-12-8-7-9-13-28,38-33(35)31-14-10-11-15-32(31)34)30-22-18-27(19-23-30)37-25-6-4-2/h7-23,34H,3-6,24-25H2,1-2H3. The van der Waals surface area contributed by atoms with E-state index in [4.69, 9.17) is 13.7 Å². The third-order valence-corrected chi connectivity index (χ3v) is 9.45. The number of carbonyl (C=O) groups is 1. The number of hydrogen-bond acceptors (Lipinski definition) is 5. The third kappa shape index (κ3) is 6.76. The number of aromatic hydroxyl groups is 1. The number of carbonyl (C=O) groups excluding carboxylic acids is 1. The summed E-state index contributed by atoms with van der Waals surface area (Å²) in [5, 5.41) is 10.4. The topological polar surface area (TPSA) is 65.0 Å². The van der Waals surface area contributed by atoms with Crippen LogP contribution in [0.1, 0.15) is 49.9 Å². The maximum Gasteiger partial charge on any atom is 0.353 e. The lowest BCUT2D eigenvalue weighted by Crippen LogP contribution is -2.14. The Morgan fingerprint density at radius 2 is 1.10 bits per heavy atom. The highest BCUT2D eigenvalue weighted by atomic mass is 32.3. The van der Waals surface area contributed by atoms with Gasteiger partial charge in [0.05, 0.1) is 13.2 Å². The zero-order chi connectivity index (χ0) is 27.5. The maximum absolute atomic E-state index is 13.7. The van der Waals surface area contributed by atoms with Crippen molar-refractivity contribution >= 4 is 16.3 Å². The summed E-state index contributed by atoms with van der Waals surface area (Å²) in [7, 11) is -2.55.